The summed E-state index contributed by atoms with van der Waals surface area (Å²) in [7, 11) is 0. The number of alkyl halides is 1. The predicted molar refractivity (Wildman–Crippen MR) is 30.3 cm³/mol. The van der Waals surface area contributed by atoms with Gasteiger partial charge in [0.1, 0.15) is 0 Å². The zero-order valence-corrected chi connectivity index (χ0v) is 4.88. The second-order valence-corrected chi connectivity index (χ2v) is 1.90. The molecule has 0 bridgehead atoms. The van der Waals surface area contributed by atoms with Gasteiger partial charge in [0.05, 0.1) is 6.67 Å². The fourth-order valence-corrected chi connectivity index (χ4v) is 0.594. The Morgan fingerprint density at radius 2 is 2.14 bits per heavy atom. The zero-order chi connectivity index (χ0) is 5.54. The maximum Gasteiger partial charge on any atom is 0.0894 e. The lowest BCUT2D eigenvalue weighted by atomic mass is 10.4. The van der Waals surface area contributed by atoms with Gasteiger partial charge in [-0.1, -0.05) is 0 Å². The largest absolute Gasteiger partial charge is 0.330 e. The summed E-state index contributed by atoms with van der Waals surface area (Å²) in [6.07, 6.45) is 1.35. The van der Waals surface area contributed by atoms with Gasteiger partial charge in [0.15, 0.2) is 0 Å². The Hall–Kier alpha value is 0.240. The highest BCUT2D eigenvalue weighted by atomic mass is 32.2. The van der Waals surface area contributed by atoms with Gasteiger partial charge in [-0.3, -0.25) is 4.39 Å². The van der Waals surface area contributed by atoms with Gasteiger partial charge in [-0.05, 0) is 24.9 Å². The van der Waals surface area contributed by atoms with Crippen LogP contribution < -0.4 is 0 Å². The molecule has 0 aromatic heterocycles. The minimum atomic E-state index is -0.263. The molecule has 0 spiro atoms. The molecule has 0 atom stereocenters. The summed E-state index contributed by atoms with van der Waals surface area (Å²) in [6.45, 7) is -0.263. The highest BCUT2D eigenvalue weighted by molar-refractivity contribution is 7.93. The second-order valence-electron chi connectivity index (χ2n) is 1.23. The molecule has 0 heterocycles. The molecule has 0 aromatic rings. The number of unbranched alkanes of at least 4 members (excludes halogenated alkanes) is 1. The van der Waals surface area contributed by atoms with Crippen LogP contribution in [0.25, 0.3) is 0 Å². The van der Waals surface area contributed by atoms with Crippen LogP contribution in [-0.4, -0.2) is 17.0 Å². The molecule has 0 aliphatic heterocycles. The molecule has 0 saturated heterocycles. The third-order valence-electron chi connectivity index (χ3n) is 0.619. The average molecular weight is 124 g/mol. The second kappa shape index (κ2) is 6.24. The first-order valence-corrected chi connectivity index (χ1v) is 3.18. The fraction of sp³-hybridized carbons (Fsp3) is 1.00. The highest BCUT2D eigenvalue weighted by Gasteiger charge is 1.83. The molecule has 0 aliphatic rings. The molecule has 0 saturated carbocycles. The summed E-state index contributed by atoms with van der Waals surface area (Å²) in [6, 6.07) is 0. The molecule has 0 aromatic carbocycles. The third-order valence-corrected chi connectivity index (χ3v) is 1.09. The Bertz CT molecular complexity index is 30.9. The van der Waals surface area contributed by atoms with Gasteiger partial charge in [0.25, 0.3) is 0 Å². The van der Waals surface area contributed by atoms with E-state index in [0.717, 1.165) is 18.5 Å². The van der Waals surface area contributed by atoms with Crippen molar-refractivity contribution >= 4 is 12.0 Å². The number of rotatable bonds is 4. The van der Waals surface area contributed by atoms with Gasteiger partial charge < -0.3 is 4.55 Å². The molecule has 0 radical (unpaired) electrons. The van der Waals surface area contributed by atoms with Gasteiger partial charge in [-0.15, -0.1) is 0 Å². The molecule has 1 nitrogen and oxygen atoms in total. The van der Waals surface area contributed by atoms with Crippen LogP contribution in [0.2, 0.25) is 0 Å². The molecule has 0 aliphatic carbocycles. The van der Waals surface area contributed by atoms with Crippen LogP contribution in [0.1, 0.15) is 12.8 Å². The maximum atomic E-state index is 11.2. The van der Waals surface area contributed by atoms with Crippen molar-refractivity contribution in [2.45, 2.75) is 12.8 Å². The molecule has 3 heteroatoms. The van der Waals surface area contributed by atoms with Crippen molar-refractivity contribution in [3.05, 3.63) is 0 Å². The Balaban J connectivity index is 2.45. The van der Waals surface area contributed by atoms with Crippen LogP contribution in [-0.2, 0) is 0 Å². The van der Waals surface area contributed by atoms with Crippen molar-refractivity contribution < 1.29 is 8.94 Å². The van der Waals surface area contributed by atoms with Crippen molar-refractivity contribution in [1.82, 2.24) is 0 Å². The minimum absolute atomic E-state index is 0.263. The summed E-state index contributed by atoms with van der Waals surface area (Å²) >= 11 is 0.775. The molecule has 1 N–H and O–H groups in total. The van der Waals surface area contributed by atoms with Crippen molar-refractivity contribution in [2.24, 2.45) is 0 Å². The molecule has 0 unspecified atom stereocenters. The van der Waals surface area contributed by atoms with E-state index in [2.05, 4.69) is 0 Å². The standard InChI is InChI=1S/C4H9FOS/c5-3-1-2-4-7-6/h6H,1-4H2. The first-order valence-electron chi connectivity index (χ1n) is 2.24. The van der Waals surface area contributed by atoms with Gasteiger partial charge in [-0.2, -0.15) is 0 Å². The lowest BCUT2D eigenvalue weighted by Gasteiger charge is -1.87. The summed E-state index contributed by atoms with van der Waals surface area (Å²) < 4.78 is 19.3. The van der Waals surface area contributed by atoms with Crippen LogP contribution >= 0.6 is 12.0 Å². The molecule has 0 fully saturated rings. The van der Waals surface area contributed by atoms with Gasteiger partial charge in [0, 0.05) is 5.75 Å². The summed E-state index contributed by atoms with van der Waals surface area (Å²) in [5, 5.41) is 0. The lowest BCUT2D eigenvalue weighted by Crippen LogP contribution is -1.79. The van der Waals surface area contributed by atoms with E-state index in [4.69, 9.17) is 4.55 Å². The van der Waals surface area contributed by atoms with E-state index in [1.54, 1.807) is 0 Å². The zero-order valence-electron chi connectivity index (χ0n) is 4.06. The predicted octanol–water partition coefficient (Wildman–Crippen LogP) is 1.94. The van der Waals surface area contributed by atoms with E-state index in [-0.39, 0.29) is 6.67 Å². The summed E-state index contributed by atoms with van der Waals surface area (Å²) in [4.78, 5) is 0. The van der Waals surface area contributed by atoms with Crippen molar-refractivity contribution in [3.8, 4) is 0 Å². The molecule has 7 heavy (non-hydrogen) atoms. The number of hydrogen-bond donors (Lipinski definition) is 1. The van der Waals surface area contributed by atoms with E-state index < -0.39 is 0 Å². The first-order chi connectivity index (χ1) is 3.41. The number of hydrogen-bond acceptors (Lipinski definition) is 2. The normalized spacial score (nSPS) is 9.43. The van der Waals surface area contributed by atoms with Gasteiger partial charge in [0.2, 0.25) is 0 Å². The number of halogens is 1. The first kappa shape index (κ1) is 7.24. The summed E-state index contributed by atoms with van der Waals surface area (Å²) in [5.41, 5.74) is 0. The Kier molecular flexibility index (Phi) is 6.45. The lowest BCUT2D eigenvalue weighted by molar-refractivity contribution is 0.469. The Labute approximate surface area is 47.1 Å². The van der Waals surface area contributed by atoms with E-state index in [1.165, 1.54) is 0 Å². The van der Waals surface area contributed by atoms with Crippen molar-refractivity contribution in [1.29, 1.82) is 0 Å². The Morgan fingerprint density at radius 1 is 1.43 bits per heavy atom. The minimum Gasteiger partial charge on any atom is -0.330 e. The van der Waals surface area contributed by atoms with Crippen LogP contribution in [0.3, 0.4) is 0 Å². The van der Waals surface area contributed by atoms with Gasteiger partial charge in [-0.25, -0.2) is 0 Å². The maximum absolute atomic E-state index is 11.2. The van der Waals surface area contributed by atoms with Crippen LogP contribution in [0, 0.1) is 0 Å². The van der Waals surface area contributed by atoms with E-state index in [1.807, 2.05) is 0 Å². The van der Waals surface area contributed by atoms with Crippen LogP contribution in [0.4, 0.5) is 4.39 Å². The topological polar surface area (TPSA) is 20.2 Å². The molecular formula is C4H9FOS. The van der Waals surface area contributed by atoms with E-state index in [0.29, 0.717) is 12.2 Å². The fourth-order valence-electron chi connectivity index (χ4n) is 0.261. The average Bonchev–Trinajstić information content (AvgIpc) is 1.69. The molecule has 0 rings (SSSR count). The van der Waals surface area contributed by atoms with E-state index >= 15 is 0 Å². The quantitative estimate of drug-likeness (QED) is 0.456. The van der Waals surface area contributed by atoms with Crippen molar-refractivity contribution in [3.63, 3.8) is 0 Å². The molecule has 0 amide bonds. The van der Waals surface area contributed by atoms with E-state index in [9.17, 15) is 4.39 Å². The smallest absolute Gasteiger partial charge is 0.0894 e. The van der Waals surface area contributed by atoms with Crippen molar-refractivity contribution in [2.75, 3.05) is 12.4 Å². The summed E-state index contributed by atoms with van der Waals surface area (Å²) in [5.74, 6) is 0.657. The third kappa shape index (κ3) is 6.24. The monoisotopic (exact) mass is 124 g/mol. The Morgan fingerprint density at radius 3 is 2.57 bits per heavy atom. The highest BCUT2D eigenvalue weighted by Crippen LogP contribution is 1.97. The van der Waals surface area contributed by atoms with Crippen LogP contribution in [0.15, 0.2) is 0 Å². The SMILES string of the molecule is OSCCCCF. The molecular weight excluding hydrogens is 115 g/mol. The van der Waals surface area contributed by atoms with Gasteiger partial charge >= 0.3 is 0 Å². The van der Waals surface area contributed by atoms with Crippen LogP contribution in [0.5, 0.6) is 0 Å². The molecule has 44 valence electrons.